The Hall–Kier alpha value is -3.37. The smallest absolute Gasteiger partial charge is 0.405 e. The number of hydrogen-bond acceptors (Lipinski definition) is 6. The van der Waals surface area contributed by atoms with Gasteiger partial charge in [-0.05, 0) is 60.3 Å². The van der Waals surface area contributed by atoms with E-state index in [1.807, 2.05) is 27.0 Å². The van der Waals surface area contributed by atoms with Crippen LogP contribution in [0.1, 0.15) is 69.5 Å². The van der Waals surface area contributed by atoms with Crippen molar-refractivity contribution in [3.05, 3.63) is 52.9 Å². The van der Waals surface area contributed by atoms with E-state index in [-0.39, 0.29) is 19.4 Å². The highest BCUT2D eigenvalue weighted by Crippen LogP contribution is 2.47. The third-order valence-electron chi connectivity index (χ3n) is 8.35. The molecule has 1 saturated heterocycles. The van der Waals surface area contributed by atoms with Crippen LogP contribution in [0.25, 0.3) is 11.0 Å². The molecular formula is C29H37ClN6O4. The Kier molecular flexibility index (Phi) is 7.67. The summed E-state index contributed by atoms with van der Waals surface area (Å²) >= 11 is 6.07. The van der Waals surface area contributed by atoms with Crippen LogP contribution >= 0.6 is 11.6 Å². The molecule has 3 atom stereocenters. The number of rotatable bonds is 8. The van der Waals surface area contributed by atoms with Crippen molar-refractivity contribution in [2.24, 2.45) is 11.3 Å². The Bertz CT molecular complexity index is 1380. The molecule has 40 heavy (non-hydrogen) atoms. The van der Waals surface area contributed by atoms with E-state index in [2.05, 4.69) is 30.5 Å². The van der Waals surface area contributed by atoms with Crippen LogP contribution in [-0.2, 0) is 4.79 Å². The second kappa shape index (κ2) is 10.9. The van der Waals surface area contributed by atoms with E-state index in [1.165, 1.54) is 5.56 Å². The molecule has 0 spiro atoms. The summed E-state index contributed by atoms with van der Waals surface area (Å²) in [6, 6.07) is 6.56. The van der Waals surface area contributed by atoms with Crippen LogP contribution in [0, 0.1) is 11.3 Å². The average molecular weight is 569 g/mol. The maximum Gasteiger partial charge on any atom is 0.405 e. The van der Waals surface area contributed by atoms with Gasteiger partial charge in [0.05, 0.1) is 11.4 Å². The summed E-state index contributed by atoms with van der Waals surface area (Å²) in [5, 5.41) is 27.0. The minimum absolute atomic E-state index is 0.146. The number of benzene rings is 1. The third-order valence-corrected chi connectivity index (χ3v) is 8.60. The van der Waals surface area contributed by atoms with Crippen molar-refractivity contribution in [2.45, 2.75) is 64.0 Å². The fourth-order valence-electron chi connectivity index (χ4n) is 6.19. The molecule has 1 aliphatic heterocycles. The molecular weight excluding hydrogens is 532 g/mol. The van der Waals surface area contributed by atoms with E-state index in [4.69, 9.17) is 11.6 Å². The number of aromatic amines is 1. The minimum atomic E-state index is -1.40. The molecule has 2 fully saturated rings. The van der Waals surface area contributed by atoms with Gasteiger partial charge in [-0.15, -0.1) is 0 Å². The van der Waals surface area contributed by atoms with Crippen LogP contribution in [-0.4, -0.2) is 62.4 Å². The van der Waals surface area contributed by atoms with Crippen molar-refractivity contribution >= 4 is 40.5 Å². The Morgan fingerprint density at radius 2 is 1.95 bits per heavy atom. The predicted molar refractivity (Wildman–Crippen MR) is 154 cm³/mol. The molecule has 1 saturated carbocycles. The largest absolute Gasteiger partial charge is 0.465 e. The number of fused-ring (bicyclic) bond motifs is 1. The predicted octanol–water partition coefficient (Wildman–Crippen LogP) is 4.61. The molecule has 214 valence electrons. The zero-order valence-electron chi connectivity index (χ0n) is 23.1. The van der Waals surface area contributed by atoms with Gasteiger partial charge in [-0.1, -0.05) is 44.5 Å². The van der Waals surface area contributed by atoms with Crippen molar-refractivity contribution < 1.29 is 19.8 Å². The molecule has 3 unspecified atom stereocenters. The lowest BCUT2D eigenvalue weighted by atomic mass is 9.64. The summed E-state index contributed by atoms with van der Waals surface area (Å²) in [4.78, 5) is 41.0. The quantitative estimate of drug-likeness (QED) is 0.267. The number of carbonyl (C=O) groups excluding carboxylic acids is 1. The summed E-state index contributed by atoms with van der Waals surface area (Å²) in [6.07, 6.45) is 5.11. The van der Waals surface area contributed by atoms with Crippen molar-refractivity contribution in [3.63, 3.8) is 0 Å². The lowest BCUT2D eigenvalue weighted by Gasteiger charge is -2.52. The molecule has 2 amide bonds. The number of H-pyrrole nitrogens is 1. The van der Waals surface area contributed by atoms with Gasteiger partial charge in [0, 0.05) is 36.8 Å². The van der Waals surface area contributed by atoms with Gasteiger partial charge in [0.15, 0.2) is 0 Å². The lowest BCUT2D eigenvalue weighted by Crippen LogP contribution is -2.70. The molecule has 1 aliphatic carbocycles. The van der Waals surface area contributed by atoms with E-state index in [1.54, 1.807) is 30.6 Å². The summed E-state index contributed by atoms with van der Waals surface area (Å²) in [7, 11) is 0. The fourth-order valence-corrected chi connectivity index (χ4v) is 6.31. The van der Waals surface area contributed by atoms with Gasteiger partial charge in [-0.25, -0.2) is 14.8 Å². The number of nitrogens with zero attached hydrogens (tertiary/aromatic N) is 3. The summed E-state index contributed by atoms with van der Waals surface area (Å²) in [6.45, 7) is 6.78. The van der Waals surface area contributed by atoms with Gasteiger partial charge < -0.3 is 30.7 Å². The van der Waals surface area contributed by atoms with E-state index in [9.17, 15) is 19.8 Å². The first kappa shape index (κ1) is 28.2. The van der Waals surface area contributed by atoms with Crippen molar-refractivity contribution in [1.29, 1.82) is 0 Å². The van der Waals surface area contributed by atoms with Crippen LogP contribution in [0.15, 0.2) is 36.8 Å². The molecule has 3 aromatic rings. The van der Waals surface area contributed by atoms with Crippen LogP contribution in [0.3, 0.4) is 0 Å². The zero-order chi connectivity index (χ0) is 28.7. The molecule has 0 bridgehead atoms. The number of piperidine rings is 1. The normalized spacial score (nSPS) is 22.2. The number of aliphatic hydroxyl groups is 1. The summed E-state index contributed by atoms with van der Waals surface area (Å²) < 4.78 is 0. The third kappa shape index (κ3) is 5.47. The number of carbonyl (C=O) groups is 2. The molecule has 0 radical (unpaired) electrons. The second-order valence-corrected chi connectivity index (χ2v) is 12.5. The molecule has 10 nitrogen and oxygen atoms in total. The second-order valence-electron chi connectivity index (χ2n) is 12.0. The van der Waals surface area contributed by atoms with Gasteiger partial charge in [0.2, 0.25) is 5.91 Å². The summed E-state index contributed by atoms with van der Waals surface area (Å²) in [5.41, 5.74) is 0.933. The number of carboxylic acid groups (broad SMARTS) is 1. The molecule has 3 heterocycles. The zero-order valence-corrected chi connectivity index (χ0v) is 23.8. The van der Waals surface area contributed by atoms with Crippen molar-refractivity contribution in [2.75, 3.05) is 24.6 Å². The monoisotopic (exact) mass is 568 g/mol. The first-order valence-electron chi connectivity index (χ1n) is 13.8. The molecule has 2 aliphatic rings. The van der Waals surface area contributed by atoms with E-state index < -0.39 is 34.9 Å². The standard InChI is InChI=1S/C29H37ClN6O4/c1-28(2,3)22-15-36(25-23-20(17-4-5-17)14-31-24(23)32-16-33-25)12-11-29(22,35-27(39)40)26(38)34-21(10-13-37)18-6-8-19(30)9-7-18/h6-9,14,16-17,21-22,35,37H,4-5,10-13,15H2,1-3H3,(H,34,38)(H,39,40)(H,31,32,33). The van der Waals surface area contributed by atoms with Crippen molar-refractivity contribution in [1.82, 2.24) is 25.6 Å². The fraction of sp³-hybridized carbons (Fsp3) is 0.517. The van der Waals surface area contributed by atoms with E-state index in [0.717, 1.165) is 35.3 Å². The number of hydrogen-bond donors (Lipinski definition) is 5. The van der Waals surface area contributed by atoms with E-state index >= 15 is 0 Å². The Balaban J connectivity index is 1.50. The first-order valence-corrected chi connectivity index (χ1v) is 14.2. The average Bonchev–Trinajstić information content (AvgIpc) is 3.66. The van der Waals surface area contributed by atoms with Crippen LogP contribution in [0.5, 0.6) is 0 Å². The minimum Gasteiger partial charge on any atom is -0.465 e. The van der Waals surface area contributed by atoms with Crippen LogP contribution in [0.4, 0.5) is 10.6 Å². The number of amides is 2. The SMILES string of the molecule is CC(C)(C)C1CN(c2ncnc3[nH]cc(C4CC4)c23)CCC1(NC(=O)O)C(=O)NC(CCO)c1ccc(Cl)cc1. The Morgan fingerprint density at radius 1 is 1.23 bits per heavy atom. The number of aliphatic hydroxyl groups excluding tert-OH is 1. The topological polar surface area (TPSA) is 143 Å². The maximum atomic E-state index is 14.2. The first-order chi connectivity index (χ1) is 19.0. The highest BCUT2D eigenvalue weighted by Gasteiger charge is 2.55. The van der Waals surface area contributed by atoms with Gasteiger partial charge in [-0.3, -0.25) is 4.79 Å². The van der Waals surface area contributed by atoms with Gasteiger partial charge in [0.1, 0.15) is 23.3 Å². The van der Waals surface area contributed by atoms with Crippen molar-refractivity contribution in [3.8, 4) is 0 Å². The summed E-state index contributed by atoms with van der Waals surface area (Å²) in [5.74, 6) is 0.497. The molecule has 2 aromatic heterocycles. The molecule has 5 rings (SSSR count). The maximum absolute atomic E-state index is 14.2. The molecule has 11 heteroatoms. The Morgan fingerprint density at radius 3 is 2.58 bits per heavy atom. The lowest BCUT2D eigenvalue weighted by molar-refractivity contribution is -0.134. The van der Waals surface area contributed by atoms with E-state index in [0.29, 0.717) is 24.0 Å². The number of aromatic nitrogens is 3. The molecule has 1 aromatic carbocycles. The highest BCUT2D eigenvalue weighted by atomic mass is 35.5. The van der Waals surface area contributed by atoms with Gasteiger partial charge in [0.25, 0.3) is 0 Å². The van der Waals surface area contributed by atoms with Gasteiger partial charge in [-0.2, -0.15) is 0 Å². The number of anilines is 1. The Labute approximate surface area is 238 Å². The van der Waals surface area contributed by atoms with Crippen LogP contribution in [0.2, 0.25) is 5.02 Å². The number of nitrogens with one attached hydrogen (secondary N) is 3. The van der Waals surface area contributed by atoms with Crippen LogP contribution < -0.4 is 15.5 Å². The highest BCUT2D eigenvalue weighted by molar-refractivity contribution is 6.30. The van der Waals surface area contributed by atoms with Gasteiger partial charge >= 0.3 is 6.09 Å². The molecule has 5 N–H and O–H groups in total. The number of halogens is 1.